The largest absolute Gasteiger partial charge is 0.322 e. The number of nitrogens with one attached hydrogen (secondary N) is 2. The van der Waals surface area contributed by atoms with Crippen LogP contribution in [0, 0.1) is 17.5 Å². The molecule has 2 aromatic carbocycles. The van der Waals surface area contributed by atoms with Crippen LogP contribution in [0.4, 0.5) is 18.9 Å². The van der Waals surface area contributed by atoms with Crippen molar-refractivity contribution in [3.8, 4) is 0 Å². The Labute approximate surface area is 142 Å². The summed E-state index contributed by atoms with van der Waals surface area (Å²) in [6, 6.07) is 4.96. The number of hydrogen-bond acceptors (Lipinski definition) is 3. The summed E-state index contributed by atoms with van der Waals surface area (Å²) in [5.41, 5.74) is -0.645. The number of carbonyl (C=O) groups excluding carboxylic acids is 1. The Morgan fingerprint density at radius 1 is 0.960 bits per heavy atom. The molecular formula is C16H15F3N2O3S. The number of benzene rings is 2. The molecule has 0 radical (unpaired) electrons. The van der Waals surface area contributed by atoms with Gasteiger partial charge in [-0.25, -0.2) is 26.3 Å². The SMILES string of the molecule is CC(C)NS(=O)(=O)c1ccc(F)c(C(=O)Nc2ccc(F)c(F)c2)c1. The zero-order valence-corrected chi connectivity index (χ0v) is 14.1. The Hall–Kier alpha value is -2.39. The van der Waals surface area contributed by atoms with Gasteiger partial charge in [-0.15, -0.1) is 0 Å². The monoisotopic (exact) mass is 372 g/mol. The highest BCUT2D eigenvalue weighted by molar-refractivity contribution is 7.89. The van der Waals surface area contributed by atoms with Gasteiger partial charge in [-0.3, -0.25) is 4.79 Å². The molecule has 2 rings (SSSR count). The third kappa shape index (κ3) is 4.58. The average Bonchev–Trinajstić information content (AvgIpc) is 2.49. The van der Waals surface area contributed by atoms with Crippen LogP contribution in [0.15, 0.2) is 41.3 Å². The van der Waals surface area contributed by atoms with E-state index >= 15 is 0 Å². The second kappa shape index (κ2) is 7.24. The van der Waals surface area contributed by atoms with Gasteiger partial charge in [0.15, 0.2) is 11.6 Å². The minimum Gasteiger partial charge on any atom is -0.322 e. The Bertz CT molecular complexity index is 915. The maximum atomic E-state index is 13.9. The van der Waals surface area contributed by atoms with E-state index in [1.165, 1.54) is 0 Å². The third-order valence-electron chi connectivity index (χ3n) is 3.06. The van der Waals surface area contributed by atoms with E-state index in [2.05, 4.69) is 10.0 Å². The molecule has 134 valence electrons. The van der Waals surface area contributed by atoms with Gasteiger partial charge in [-0.05, 0) is 44.2 Å². The first kappa shape index (κ1) is 18.9. The number of carbonyl (C=O) groups is 1. The van der Waals surface area contributed by atoms with Crippen LogP contribution in [-0.4, -0.2) is 20.4 Å². The molecular weight excluding hydrogens is 357 g/mol. The van der Waals surface area contributed by atoms with Crippen LogP contribution >= 0.6 is 0 Å². The molecule has 0 saturated carbocycles. The molecule has 2 aromatic rings. The molecule has 2 N–H and O–H groups in total. The van der Waals surface area contributed by atoms with Crippen molar-refractivity contribution in [1.82, 2.24) is 4.72 Å². The molecule has 1 amide bonds. The number of sulfonamides is 1. The van der Waals surface area contributed by atoms with Crippen LogP contribution in [0.25, 0.3) is 0 Å². The third-order valence-corrected chi connectivity index (χ3v) is 4.72. The second-order valence-electron chi connectivity index (χ2n) is 5.50. The lowest BCUT2D eigenvalue weighted by Gasteiger charge is -2.11. The lowest BCUT2D eigenvalue weighted by molar-refractivity contribution is 0.102. The fourth-order valence-electron chi connectivity index (χ4n) is 2.00. The average molecular weight is 372 g/mol. The fourth-order valence-corrected chi connectivity index (χ4v) is 3.27. The lowest BCUT2D eigenvalue weighted by atomic mass is 10.2. The van der Waals surface area contributed by atoms with E-state index in [1.807, 2.05) is 0 Å². The van der Waals surface area contributed by atoms with Gasteiger partial charge in [0, 0.05) is 17.8 Å². The van der Waals surface area contributed by atoms with Gasteiger partial charge in [-0.2, -0.15) is 0 Å². The quantitative estimate of drug-likeness (QED) is 0.847. The second-order valence-corrected chi connectivity index (χ2v) is 7.21. The highest BCUT2D eigenvalue weighted by Gasteiger charge is 2.20. The molecule has 0 heterocycles. The van der Waals surface area contributed by atoms with E-state index < -0.39 is 45.0 Å². The maximum absolute atomic E-state index is 13.9. The van der Waals surface area contributed by atoms with Gasteiger partial charge in [0.2, 0.25) is 10.0 Å². The molecule has 0 aliphatic rings. The van der Waals surface area contributed by atoms with Crippen molar-refractivity contribution in [3.63, 3.8) is 0 Å². The Balaban J connectivity index is 2.33. The van der Waals surface area contributed by atoms with Crippen LogP contribution in [-0.2, 0) is 10.0 Å². The van der Waals surface area contributed by atoms with Crippen LogP contribution < -0.4 is 10.0 Å². The van der Waals surface area contributed by atoms with Crippen LogP contribution in [0.3, 0.4) is 0 Å². The molecule has 0 aliphatic heterocycles. The van der Waals surface area contributed by atoms with E-state index in [4.69, 9.17) is 0 Å². The van der Waals surface area contributed by atoms with E-state index in [0.29, 0.717) is 0 Å². The van der Waals surface area contributed by atoms with E-state index in [9.17, 15) is 26.4 Å². The molecule has 0 fully saturated rings. The number of amides is 1. The van der Waals surface area contributed by atoms with Crippen LogP contribution in [0.1, 0.15) is 24.2 Å². The molecule has 0 aliphatic carbocycles. The highest BCUT2D eigenvalue weighted by atomic mass is 32.2. The molecule has 0 atom stereocenters. The van der Waals surface area contributed by atoms with Crippen molar-refractivity contribution in [2.45, 2.75) is 24.8 Å². The predicted molar refractivity (Wildman–Crippen MR) is 86.2 cm³/mol. The van der Waals surface area contributed by atoms with E-state index in [-0.39, 0.29) is 10.6 Å². The molecule has 0 saturated heterocycles. The first-order valence-electron chi connectivity index (χ1n) is 7.18. The topological polar surface area (TPSA) is 75.3 Å². The van der Waals surface area contributed by atoms with Crippen LogP contribution in [0.2, 0.25) is 0 Å². The Kier molecular flexibility index (Phi) is 5.48. The van der Waals surface area contributed by atoms with Crippen LogP contribution in [0.5, 0.6) is 0 Å². The normalized spacial score (nSPS) is 11.6. The minimum atomic E-state index is -3.92. The summed E-state index contributed by atoms with van der Waals surface area (Å²) < 4.78 is 66.5. The molecule has 9 heteroatoms. The van der Waals surface area contributed by atoms with Gasteiger partial charge < -0.3 is 5.32 Å². The molecule has 0 aromatic heterocycles. The maximum Gasteiger partial charge on any atom is 0.258 e. The molecule has 0 unspecified atom stereocenters. The van der Waals surface area contributed by atoms with E-state index in [1.54, 1.807) is 13.8 Å². The summed E-state index contributed by atoms with van der Waals surface area (Å²) in [4.78, 5) is 11.9. The van der Waals surface area contributed by atoms with E-state index in [0.717, 1.165) is 36.4 Å². The van der Waals surface area contributed by atoms with Crippen molar-refractivity contribution in [1.29, 1.82) is 0 Å². The zero-order valence-electron chi connectivity index (χ0n) is 13.3. The number of halogens is 3. The Morgan fingerprint density at radius 2 is 1.60 bits per heavy atom. The standard InChI is InChI=1S/C16H15F3N2O3S/c1-9(2)21-25(23,24)11-4-6-13(17)12(8-11)16(22)20-10-3-5-14(18)15(19)7-10/h3-9,21H,1-2H3,(H,20,22). The molecule has 5 nitrogen and oxygen atoms in total. The summed E-state index contributed by atoms with van der Waals surface area (Å²) in [5, 5.41) is 2.19. The van der Waals surface area contributed by atoms with Crippen molar-refractivity contribution in [3.05, 3.63) is 59.4 Å². The first-order valence-corrected chi connectivity index (χ1v) is 8.67. The summed E-state index contributed by atoms with van der Waals surface area (Å²) in [7, 11) is -3.92. The van der Waals surface area contributed by atoms with Crippen molar-refractivity contribution in [2.24, 2.45) is 0 Å². The molecule has 0 spiro atoms. The van der Waals surface area contributed by atoms with Gasteiger partial charge in [-0.1, -0.05) is 0 Å². The summed E-state index contributed by atoms with van der Waals surface area (Å²) in [5.74, 6) is -4.23. The van der Waals surface area contributed by atoms with Crippen molar-refractivity contribution >= 4 is 21.6 Å². The van der Waals surface area contributed by atoms with Gasteiger partial charge >= 0.3 is 0 Å². The van der Waals surface area contributed by atoms with Gasteiger partial charge in [0.25, 0.3) is 5.91 Å². The lowest BCUT2D eigenvalue weighted by Crippen LogP contribution is -2.30. The minimum absolute atomic E-state index is 0.100. The predicted octanol–water partition coefficient (Wildman–Crippen LogP) is 3.04. The van der Waals surface area contributed by atoms with Crippen molar-refractivity contribution in [2.75, 3.05) is 5.32 Å². The number of rotatable bonds is 5. The summed E-state index contributed by atoms with van der Waals surface area (Å²) in [6.45, 7) is 3.22. The number of anilines is 1. The molecule has 25 heavy (non-hydrogen) atoms. The van der Waals surface area contributed by atoms with Gasteiger partial charge in [0.1, 0.15) is 5.82 Å². The first-order chi connectivity index (χ1) is 11.6. The Morgan fingerprint density at radius 3 is 2.20 bits per heavy atom. The van der Waals surface area contributed by atoms with Gasteiger partial charge in [0.05, 0.1) is 10.5 Å². The number of hydrogen-bond donors (Lipinski definition) is 2. The highest BCUT2D eigenvalue weighted by Crippen LogP contribution is 2.18. The smallest absolute Gasteiger partial charge is 0.258 e. The summed E-state index contributed by atoms with van der Waals surface area (Å²) in [6.07, 6.45) is 0. The fraction of sp³-hybridized carbons (Fsp3) is 0.188. The summed E-state index contributed by atoms with van der Waals surface area (Å²) >= 11 is 0. The molecule has 0 bridgehead atoms. The van der Waals surface area contributed by atoms with Crippen molar-refractivity contribution < 1.29 is 26.4 Å². The zero-order chi connectivity index (χ0) is 18.8.